The first kappa shape index (κ1) is 14.4. The number of hydrogen-bond acceptors (Lipinski definition) is 3. The topological polar surface area (TPSA) is 64.3 Å². The lowest BCUT2D eigenvalue weighted by atomic mass is 9.81. The average Bonchev–Trinajstić information content (AvgIpc) is 2.47. The maximum absolute atomic E-state index is 12.5. The predicted molar refractivity (Wildman–Crippen MR) is 76.1 cm³/mol. The van der Waals surface area contributed by atoms with Crippen LogP contribution >= 0.6 is 0 Å². The van der Waals surface area contributed by atoms with Crippen LogP contribution in [0.15, 0.2) is 24.3 Å². The standard InChI is InChI=1S/C16H20N2O2/c1-12(13-3-5-14(19)6-4-13)15(20)18-9-7-16(2,11-17)8-10-18/h3-6,12,19H,7-10H2,1-2H3/t12-/m1/s1. The quantitative estimate of drug-likeness (QED) is 0.900. The first-order valence-corrected chi connectivity index (χ1v) is 6.94. The van der Waals surface area contributed by atoms with Gasteiger partial charge in [-0.25, -0.2) is 0 Å². The normalized spacial score (nSPS) is 19.1. The molecule has 0 radical (unpaired) electrons. The third kappa shape index (κ3) is 2.93. The molecule has 1 aliphatic heterocycles. The maximum Gasteiger partial charge on any atom is 0.229 e. The van der Waals surface area contributed by atoms with Gasteiger partial charge in [-0.15, -0.1) is 0 Å². The smallest absolute Gasteiger partial charge is 0.229 e. The number of likely N-dealkylation sites (tertiary alicyclic amines) is 1. The summed E-state index contributed by atoms with van der Waals surface area (Å²) < 4.78 is 0. The van der Waals surface area contributed by atoms with E-state index in [1.165, 1.54) is 0 Å². The molecule has 4 heteroatoms. The summed E-state index contributed by atoms with van der Waals surface area (Å²) in [6.07, 6.45) is 1.47. The zero-order valence-corrected chi connectivity index (χ0v) is 12.0. The molecule has 0 spiro atoms. The van der Waals surface area contributed by atoms with Crippen LogP contribution in [0.1, 0.15) is 38.2 Å². The highest BCUT2D eigenvalue weighted by molar-refractivity contribution is 5.83. The molecule has 0 unspecified atom stereocenters. The van der Waals surface area contributed by atoms with Crippen molar-refractivity contribution in [3.8, 4) is 11.8 Å². The van der Waals surface area contributed by atoms with Gasteiger partial charge in [0.05, 0.1) is 17.4 Å². The van der Waals surface area contributed by atoms with Crippen LogP contribution in [0.2, 0.25) is 0 Å². The van der Waals surface area contributed by atoms with Crippen molar-refractivity contribution in [3.63, 3.8) is 0 Å². The third-order valence-electron chi connectivity index (χ3n) is 4.21. The molecule has 1 amide bonds. The van der Waals surface area contributed by atoms with Gasteiger partial charge >= 0.3 is 0 Å². The van der Waals surface area contributed by atoms with Gasteiger partial charge in [0.25, 0.3) is 0 Å². The Balaban J connectivity index is 2.02. The summed E-state index contributed by atoms with van der Waals surface area (Å²) in [5.41, 5.74) is 0.611. The molecule has 2 rings (SSSR count). The first-order valence-electron chi connectivity index (χ1n) is 6.94. The van der Waals surface area contributed by atoms with E-state index in [4.69, 9.17) is 5.26 Å². The Bertz CT molecular complexity index is 522. The average molecular weight is 272 g/mol. The molecule has 1 atom stereocenters. The first-order chi connectivity index (χ1) is 9.45. The van der Waals surface area contributed by atoms with E-state index in [-0.39, 0.29) is 23.0 Å². The van der Waals surface area contributed by atoms with Crippen LogP contribution in [-0.2, 0) is 4.79 Å². The number of aromatic hydroxyl groups is 1. The predicted octanol–water partition coefficient (Wildman–Crippen LogP) is 2.65. The lowest BCUT2D eigenvalue weighted by Gasteiger charge is -2.36. The van der Waals surface area contributed by atoms with E-state index in [0.29, 0.717) is 13.1 Å². The molecule has 4 nitrogen and oxygen atoms in total. The highest BCUT2D eigenvalue weighted by atomic mass is 16.3. The van der Waals surface area contributed by atoms with E-state index in [1.54, 1.807) is 24.3 Å². The number of phenols is 1. The molecule has 0 saturated carbocycles. The molecule has 1 heterocycles. The molecule has 1 fully saturated rings. The second-order valence-electron chi connectivity index (χ2n) is 5.81. The van der Waals surface area contributed by atoms with Crippen LogP contribution in [-0.4, -0.2) is 29.0 Å². The van der Waals surface area contributed by atoms with Crippen molar-refractivity contribution in [1.82, 2.24) is 4.90 Å². The van der Waals surface area contributed by atoms with Crippen LogP contribution in [0.25, 0.3) is 0 Å². The van der Waals surface area contributed by atoms with Gasteiger partial charge in [-0.3, -0.25) is 4.79 Å². The zero-order valence-electron chi connectivity index (χ0n) is 12.0. The van der Waals surface area contributed by atoms with Crippen molar-refractivity contribution in [2.75, 3.05) is 13.1 Å². The molecule has 106 valence electrons. The second-order valence-corrected chi connectivity index (χ2v) is 5.81. The number of carbonyl (C=O) groups is 1. The highest BCUT2D eigenvalue weighted by Gasteiger charge is 2.33. The molecule has 1 saturated heterocycles. The summed E-state index contributed by atoms with van der Waals surface area (Å²) in [5.74, 6) is 0.0777. The monoisotopic (exact) mass is 272 g/mol. The number of phenolic OH excluding ortho intramolecular Hbond substituents is 1. The number of rotatable bonds is 2. The summed E-state index contributed by atoms with van der Waals surface area (Å²) in [6.45, 7) is 5.13. The van der Waals surface area contributed by atoms with Gasteiger partial charge in [-0.1, -0.05) is 12.1 Å². The van der Waals surface area contributed by atoms with Gasteiger partial charge in [-0.2, -0.15) is 5.26 Å². The summed E-state index contributed by atoms with van der Waals surface area (Å²) in [5, 5.41) is 18.4. The van der Waals surface area contributed by atoms with E-state index >= 15 is 0 Å². The van der Waals surface area contributed by atoms with E-state index in [2.05, 4.69) is 6.07 Å². The molecule has 0 aromatic heterocycles. The fourth-order valence-corrected chi connectivity index (χ4v) is 2.51. The zero-order chi connectivity index (χ0) is 14.8. The number of nitrogens with zero attached hydrogens (tertiary/aromatic N) is 2. The molecular weight excluding hydrogens is 252 g/mol. The summed E-state index contributed by atoms with van der Waals surface area (Å²) in [4.78, 5) is 14.3. The van der Waals surface area contributed by atoms with Crippen molar-refractivity contribution < 1.29 is 9.90 Å². The van der Waals surface area contributed by atoms with E-state index in [1.807, 2.05) is 18.7 Å². The lowest BCUT2D eigenvalue weighted by molar-refractivity contribution is -0.134. The van der Waals surface area contributed by atoms with Gasteiger partial charge in [0.2, 0.25) is 5.91 Å². The van der Waals surface area contributed by atoms with E-state index in [0.717, 1.165) is 18.4 Å². The highest BCUT2D eigenvalue weighted by Crippen LogP contribution is 2.31. The largest absolute Gasteiger partial charge is 0.508 e. The Morgan fingerprint density at radius 1 is 1.35 bits per heavy atom. The fraction of sp³-hybridized carbons (Fsp3) is 0.500. The number of amides is 1. The summed E-state index contributed by atoms with van der Waals surface area (Å²) in [6, 6.07) is 9.10. The van der Waals surface area contributed by atoms with Gasteiger partial charge < -0.3 is 10.0 Å². The van der Waals surface area contributed by atoms with Gasteiger partial charge in [-0.05, 0) is 44.4 Å². The molecule has 1 aromatic rings. The lowest BCUT2D eigenvalue weighted by Crippen LogP contribution is -2.43. The molecule has 0 aliphatic carbocycles. The summed E-state index contributed by atoms with van der Waals surface area (Å²) in [7, 11) is 0. The number of piperidine rings is 1. The Labute approximate surface area is 119 Å². The maximum atomic E-state index is 12.5. The van der Waals surface area contributed by atoms with Crippen molar-refractivity contribution >= 4 is 5.91 Å². The van der Waals surface area contributed by atoms with E-state index in [9.17, 15) is 9.90 Å². The van der Waals surface area contributed by atoms with Crippen molar-refractivity contribution in [2.24, 2.45) is 5.41 Å². The Morgan fingerprint density at radius 3 is 2.40 bits per heavy atom. The molecule has 1 aliphatic rings. The number of hydrogen-bond donors (Lipinski definition) is 1. The van der Waals surface area contributed by atoms with Crippen molar-refractivity contribution in [3.05, 3.63) is 29.8 Å². The van der Waals surface area contributed by atoms with Gasteiger partial charge in [0.15, 0.2) is 0 Å². The summed E-state index contributed by atoms with van der Waals surface area (Å²) >= 11 is 0. The Morgan fingerprint density at radius 2 is 1.90 bits per heavy atom. The van der Waals surface area contributed by atoms with Crippen molar-refractivity contribution in [1.29, 1.82) is 5.26 Å². The second kappa shape index (κ2) is 5.54. The Hall–Kier alpha value is -2.02. The number of carbonyl (C=O) groups excluding carboxylic acids is 1. The van der Waals surface area contributed by atoms with Crippen molar-refractivity contribution in [2.45, 2.75) is 32.6 Å². The van der Waals surface area contributed by atoms with E-state index < -0.39 is 0 Å². The molecule has 20 heavy (non-hydrogen) atoms. The fourth-order valence-electron chi connectivity index (χ4n) is 2.51. The molecule has 1 aromatic carbocycles. The number of nitriles is 1. The minimum atomic E-state index is -0.293. The third-order valence-corrected chi connectivity index (χ3v) is 4.21. The van der Waals surface area contributed by atoms with Crippen LogP contribution in [0, 0.1) is 16.7 Å². The van der Waals surface area contributed by atoms with Crippen LogP contribution in [0.5, 0.6) is 5.75 Å². The van der Waals surface area contributed by atoms with Gasteiger partial charge in [0.1, 0.15) is 5.75 Å². The van der Waals surface area contributed by atoms with Gasteiger partial charge in [0, 0.05) is 13.1 Å². The Kier molecular flexibility index (Phi) is 3.99. The minimum absolute atomic E-state index is 0.0932. The molecular formula is C16H20N2O2. The minimum Gasteiger partial charge on any atom is -0.508 e. The SMILES string of the molecule is C[C@@H](C(=O)N1CCC(C)(C#N)CC1)c1ccc(O)cc1. The van der Waals surface area contributed by atoms with Crippen LogP contribution < -0.4 is 0 Å². The van der Waals surface area contributed by atoms with Crippen LogP contribution in [0.3, 0.4) is 0 Å². The van der Waals surface area contributed by atoms with Crippen LogP contribution in [0.4, 0.5) is 0 Å². The number of benzene rings is 1. The molecule has 0 bridgehead atoms. The molecule has 1 N–H and O–H groups in total.